The van der Waals surface area contributed by atoms with Gasteiger partial charge >= 0.3 is 0 Å². The molecular weight excluding hydrogens is 435 g/mol. The van der Waals surface area contributed by atoms with Gasteiger partial charge in [0.2, 0.25) is 0 Å². The van der Waals surface area contributed by atoms with Crippen LogP contribution >= 0.6 is 35.3 Å². The Morgan fingerprint density at radius 1 is 1.25 bits per heavy atom. The Labute approximate surface area is 165 Å². The Bertz CT molecular complexity index is 628. The summed E-state index contributed by atoms with van der Waals surface area (Å²) in [5, 5.41) is 7.71. The fraction of sp³-hybridized carbons (Fsp3) is 0.412. The lowest BCUT2D eigenvalue weighted by Gasteiger charge is -2.11. The van der Waals surface area contributed by atoms with Gasteiger partial charge in [0.25, 0.3) is 0 Å². The SMILES string of the molecule is CCNC(=NCc1cnc(C)s1)NCCc1ccc(OC)cc1.I. The van der Waals surface area contributed by atoms with Crippen molar-refractivity contribution in [2.24, 2.45) is 4.99 Å². The van der Waals surface area contributed by atoms with E-state index in [1.54, 1.807) is 18.4 Å². The van der Waals surface area contributed by atoms with Gasteiger partial charge in [0.05, 0.1) is 18.7 Å². The number of rotatable bonds is 7. The second kappa shape index (κ2) is 11.2. The van der Waals surface area contributed by atoms with E-state index in [1.807, 2.05) is 25.3 Å². The van der Waals surface area contributed by atoms with Crippen molar-refractivity contribution in [3.63, 3.8) is 0 Å². The first kappa shape index (κ1) is 20.7. The molecule has 2 rings (SSSR count). The first-order chi connectivity index (χ1) is 11.2. The second-order valence-electron chi connectivity index (χ2n) is 5.07. The standard InChI is InChI=1S/C17H24N4OS.HI/c1-4-18-17(21-12-16-11-20-13(2)23-16)19-10-9-14-5-7-15(22-3)8-6-14;/h5-8,11H,4,9-10,12H2,1-3H3,(H2,18,19,21);1H. The third kappa shape index (κ3) is 7.04. The first-order valence-electron chi connectivity index (χ1n) is 7.77. The van der Waals surface area contributed by atoms with Crippen LogP contribution in [0.5, 0.6) is 5.75 Å². The normalized spacial score (nSPS) is 10.9. The molecule has 0 aliphatic carbocycles. The molecule has 0 fully saturated rings. The largest absolute Gasteiger partial charge is 0.497 e. The molecule has 0 unspecified atom stereocenters. The Morgan fingerprint density at radius 2 is 2.00 bits per heavy atom. The van der Waals surface area contributed by atoms with Gasteiger partial charge in [0.1, 0.15) is 5.75 Å². The summed E-state index contributed by atoms with van der Waals surface area (Å²) in [6, 6.07) is 8.15. The summed E-state index contributed by atoms with van der Waals surface area (Å²) >= 11 is 1.69. The predicted molar refractivity (Wildman–Crippen MR) is 112 cm³/mol. The third-order valence-electron chi connectivity index (χ3n) is 3.27. The number of benzene rings is 1. The molecule has 0 aliphatic rings. The lowest BCUT2D eigenvalue weighted by atomic mass is 10.1. The van der Waals surface area contributed by atoms with Crippen LogP contribution in [0, 0.1) is 6.92 Å². The molecule has 0 aliphatic heterocycles. The van der Waals surface area contributed by atoms with Crippen molar-refractivity contribution in [2.75, 3.05) is 20.2 Å². The topological polar surface area (TPSA) is 58.5 Å². The fourth-order valence-electron chi connectivity index (χ4n) is 2.09. The molecular formula is C17H25IN4OS. The maximum atomic E-state index is 5.17. The van der Waals surface area contributed by atoms with E-state index in [-0.39, 0.29) is 24.0 Å². The number of nitrogens with one attached hydrogen (secondary N) is 2. The van der Waals surface area contributed by atoms with Crippen LogP contribution in [-0.2, 0) is 13.0 Å². The summed E-state index contributed by atoms with van der Waals surface area (Å²) in [6.07, 6.45) is 2.83. The maximum Gasteiger partial charge on any atom is 0.191 e. The predicted octanol–water partition coefficient (Wildman–Crippen LogP) is 3.38. The number of nitrogens with zero attached hydrogens (tertiary/aromatic N) is 2. The number of hydrogen-bond acceptors (Lipinski definition) is 4. The van der Waals surface area contributed by atoms with Gasteiger partial charge in [-0.2, -0.15) is 0 Å². The summed E-state index contributed by atoms with van der Waals surface area (Å²) < 4.78 is 5.17. The van der Waals surface area contributed by atoms with Gasteiger partial charge < -0.3 is 15.4 Å². The van der Waals surface area contributed by atoms with E-state index in [9.17, 15) is 0 Å². The van der Waals surface area contributed by atoms with Crippen molar-refractivity contribution >= 4 is 41.3 Å². The van der Waals surface area contributed by atoms with Crippen LogP contribution in [0.25, 0.3) is 0 Å². The molecule has 132 valence electrons. The van der Waals surface area contributed by atoms with Crippen molar-refractivity contribution in [3.8, 4) is 5.75 Å². The molecule has 7 heteroatoms. The molecule has 1 aromatic heterocycles. The molecule has 2 aromatic rings. The van der Waals surface area contributed by atoms with Crippen molar-refractivity contribution < 1.29 is 4.74 Å². The zero-order valence-electron chi connectivity index (χ0n) is 14.3. The van der Waals surface area contributed by atoms with Crippen LogP contribution in [-0.4, -0.2) is 31.1 Å². The number of methoxy groups -OCH3 is 1. The Hall–Kier alpha value is -1.35. The van der Waals surface area contributed by atoms with Crippen LogP contribution in [0.4, 0.5) is 0 Å². The monoisotopic (exact) mass is 460 g/mol. The minimum absolute atomic E-state index is 0. The molecule has 1 aromatic carbocycles. The highest BCUT2D eigenvalue weighted by atomic mass is 127. The van der Waals surface area contributed by atoms with E-state index in [4.69, 9.17) is 4.74 Å². The summed E-state index contributed by atoms with van der Waals surface area (Å²) in [7, 11) is 1.68. The van der Waals surface area contributed by atoms with E-state index >= 15 is 0 Å². The van der Waals surface area contributed by atoms with E-state index in [0.717, 1.165) is 36.2 Å². The van der Waals surface area contributed by atoms with Gasteiger partial charge in [0, 0.05) is 24.2 Å². The summed E-state index contributed by atoms with van der Waals surface area (Å²) in [4.78, 5) is 10.0. The molecule has 0 saturated carbocycles. The minimum atomic E-state index is 0. The van der Waals surface area contributed by atoms with Crippen molar-refractivity contribution in [3.05, 3.63) is 45.9 Å². The van der Waals surface area contributed by atoms with Gasteiger partial charge in [0.15, 0.2) is 5.96 Å². The van der Waals surface area contributed by atoms with E-state index in [0.29, 0.717) is 6.54 Å². The zero-order chi connectivity index (χ0) is 16.5. The van der Waals surface area contributed by atoms with Crippen LogP contribution in [0.2, 0.25) is 0 Å². The van der Waals surface area contributed by atoms with Crippen LogP contribution in [0.3, 0.4) is 0 Å². The number of ether oxygens (including phenoxy) is 1. The minimum Gasteiger partial charge on any atom is -0.497 e. The third-order valence-corrected chi connectivity index (χ3v) is 4.17. The number of aromatic nitrogens is 1. The van der Waals surface area contributed by atoms with Gasteiger partial charge in [-0.25, -0.2) is 9.98 Å². The number of aryl methyl sites for hydroxylation is 1. The first-order valence-corrected chi connectivity index (χ1v) is 8.59. The molecule has 5 nitrogen and oxygen atoms in total. The highest BCUT2D eigenvalue weighted by Crippen LogP contribution is 2.12. The number of hydrogen-bond donors (Lipinski definition) is 2. The molecule has 0 atom stereocenters. The molecule has 0 radical (unpaired) electrons. The van der Waals surface area contributed by atoms with E-state index in [1.165, 1.54) is 10.4 Å². The average molecular weight is 460 g/mol. The molecule has 1 heterocycles. The molecule has 0 amide bonds. The zero-order valence-corrected chi connectivity index (χ0v) is 17.5. The van der Waals surface area contributed by atoms with Crippen LogP contribution in [0.1, 0.15) is 22.4 Å². The number of thiazole rings is 1. The molecule has 0 saturated heterocycles. The maximum absolute atomic E-state index is 5.17. The van der Waals surface area contributed by atoms with Gasteiger partial charge in [-0.1, -0.05) is 12.1 Å². The highest BCUT2D eigenvalue weighted by molar-refractivity contribution is 14.0. The quantitative estimate of drug-likeness (QED) is 0.378. The summed E-state index contributed by atoms with van der Waals surface area (Å²) in [5.41, 5.74) is 1.27. The lowest BCUT2D eigenvalue weighted by Crippen LogP contribution is -2.38. The van der Waals surface area contributed by atoms with Gasteiger partial charge in [-0.05, 0) is 38.0 Å². The molecule has 0 bridgehead atoms. The second-order valence-corrected chi connectivity index (χ2v) is 6.38. The highest BCUT2D eigenvalue weighted by Gasteiger charge is 2.01. The average Bonchev–Trinajstić information content (AvgIpc) is 2.99. The Balaban J connectivity index is 0.00000288. The molecule has 24 heavy (non-hydrogen) atoms. The van der Waals surface area contributed by atoms with Gasteiger partial charge in [-0.3, -0.25) is 0 Å². The van der Waals surface area contributed by atoms with Crippen LogP contribution in [0.15, 0.2) is 35.5 Å². The van der Waals surface area contributed by atoms with E-state index in [2.05, 4.69) is 39.7 Å². The van der Waals surface area contributed by atoms with Gasteiger partial charge in [-0.15, -0.1) is 35.3 Å². The number of guanidine groups is 1. The molecule has 2 N–H and O–H groups in total. The lowest BCUT2D eigenvalue weighted by molar-refractivity contribution is 0.414. The number of halogens is 1. The van der Waals surface area contributed by atoms with Crippen LogP contribution < -0.4 is 15.4 Å². The molecule has 0 spiro atoms. The Kier molecular flexibility index (Phi) is 9.70. The smallest absolute Gasteiger partial charge is 0.191 e. The summed E-state index contributed by atoms with van der Waals surface area (Å²) in [5.74, 6) is 1.73. The van der Waals surface area contributed by atoms with Crippen molar-refractivity contribution in [1.29, 1.82) is 0 Å². The Morgan fingerprint density at radius 3 is 2.58 bits per heavy atom. The van der Waals surface area contributed by atoms with Crippen molar-refractivity contribution in [2.45, 2.75) is 26.8 Å². The number of aliphatic imine (C=N–C) groups is 1. The fourth-order valence-corrected chi connectivity index (χ4v) is 2.81. The summed E-state index contributed by atoms with van der Waals surface area (Å²) in [6.45, 7) is 6.41. The van der Waals surface area contributed by atoms with E-state index < -0.39 is 0 Å². The van der Waals surface area contributed by atoms with Crippen molar-refractivity contribution in [1.82, 2.24) is 15.6 Å².